The molecule has 1 N–H and O–H groups in total. The zero-order valence-corrected chi connectivity index (χ0v) is 6.78. The summed E-state index contributed by atoms with van der Waals surface area (Å²) >= 11 is 3.80. The lowest BCUT2D eigenvalue weighted by Crippen LogP contribution is -2.97. The second kappa shape index (κ2) is 2.34. The summed E-state index contributed by atoms with van der Waals surface area (Å²) in [6.45, 7) is 0. The Hall–Kier alpha value is 0.740. The minimum Gasteiger partial charge on any atom is -0.388 e. The van der Waals surface area contributed by atoms with Gasteiger partial charge in [-0.3, -0.25) is 0 Å². The maximum absolute atomic E-state index is 4.05. The van der Waals surface area contributed by atoms with Crippen LogP contribution in [0.15, 0.2) is 9.11 Å². The van der Waals surface area contributed by atoms with Gasteiger partial charge in [-0.1, -0.05) is 0 Å². The van der Waals surface area contributed by atoms with E-state index in [0.717, 1.165) is 5.01 Å². The third kappa shape index (κ3) is 1.60. The number of rotatable bonds is 0. The van der Waals surface area contributed by atoms with Gasteiger partial charge < -0.3 is 9.84 Å². The molecule has 1 unspecified atom stereocenters. The van der Waals surface area contributed by atoms with Crippen LogP contribution >= 0.6 is 34.5 Å². The van der Waals surface area contributed by atoms with E-state index in [1.165, 1.54) is 2.91 Å². The first-order valence-corrected chi connectivity index (χ1v) is 3.73. The van der Waals surface area contributed by atoms with Crippen molar-refractivity contribution in [3.8, 4) is 0 Å². The molecule has 0 amide bonds. The van der Waals surface area contributed by atoms with Crippen molar-refractivity contribution >= 4 is 34.5 Å². The van der Waals surface area contributed by atoms with Crippen LogP contribution in [0, 0.1) is 0 Å². The highest BCUT2D eigenvalue weighted by molar-refractivity contribution is 14.1. The Kier molecular flexibility index (Phi) is 1.96. The molecule has 4 heteroatoms. The monoisotopic (exact) mass is 228 g/mol. The fraction of sp³-hybridized carbons (Fsp3) is 0.333. The molecule has 40 valence electrons. The molecular formula is C3H5IN2S. The largest absolute Gasteiger partial charge is 0.388 e. The molecule has 0 bridgehead atoms. The summed E-state index contributed by atoms with van der Waals surface area (Å²) in [5.41, 5.74) is 0. The molecule has 0 saturated heterocycles. The van der Waals surface area contributed by atoms with Crippen LogP contribution in [0.3, 0.4) is 0 Å². The highest BCUT2D eigenvalue weighted by Gasteiger charge is 1.97. The summed E-state index contributed by atoms with van der Waals surface area (Å²) < 4.78 is 1.26. The third-order valence-corrected chi connectivity index (χ3v) is 2.17. The third-order valence-electron chi connectivity index (χ3n) is 0.599. The van der Waals surface area contributed by atoms with Crippen LogP contribution in [0.4, 0.5) is 0 Å². The quantitative estimate of drug-likeness (QED) is 0.477. The van der Waals surface area contributed by atoms with Gasteiger partial charge in [-0.25, -0.2) is 0 Å². The standard InChI is InChI=1S/C3H5IN2S/c1-6-2-3(4)7-5-6/h2,6H,1H3. The average Bonchev–Trinajstić information content (AvgIpc) is 1.87. The molecule has 1 heterocycles. The molecule has 0 fully saturated rings. The number of halogens is 1. The van der Waals surface area contributed by atoms with Gasteiger partial charge in [-0.2, -0.15) is 11.9 Å². The van der Waals surface area contributed by atoms with E-state index in [0.29, 0.717) is 0 Å². The number of nitrogens with one attached hydrogen (secondary N) is 1. The zero-order valence-electron chi connectivity index (χ0n) is 3.81. The maximum atomic E-state index is 4.05. The van der Waals surface area contributed by atoms with E-state index in [2.05, 4.69) is 33.6 Å². The molecular weight excluding hydrogens is 223 g/mol. The lowest BCUT2D eigenvalue weighted by atomic mass is 11.0. The average molecular weight is 228 g/mol. The predicted octanol–water partition coefficient (Wildman–Crippen LogP) is 0.686. The van der Waals surface area contributed by atoms with Crippen LogP contribution in [-0.2, 0) is 0 Å². The lowest BCUT2D eigenvalue weighted by molar-refractivity contribution is -0.771. The van der Waals surface area contributed by atoms with Gasteiger partial charge in [-0.15, -0.1) is 0 Å². The fourth-order valence-corrected chi connectivity index (χ4v) is 1.59. The van der Waals surface area contributed by atoms with Crippen molar-refractivity contribution in [3.05, 3.63) is 13.9 Å². The smallest absolute Gasteiger partial charge is 0.104 e. The topological polar surface area (TPSA) is 18.5 Å². The van der Waals surface area contributed by atoms with E-state index in [4.69, 9.17) is 0 Å². The van der Waals surface area contributed by atoms with E-state index in [9.17, 15) is 0 Å². The van der Waals surface area contributed by atoms with Crippen molar-refractivity contribution in [1.29, 1.82) is 0 Å². The van der Waals surface area contributed by atoms with Crippen molar-refractivity contribution in [1.82, 2.24) is 0 Å². The fourth-order valence-electron chi connectivity index (χ4n) is 0.333. The normalized spacial score (nSPS) is 30.6. The molecule has 0 spiro atoms. The number of hydrogen-bond donors (Lipinski definition) is 1. The number of hydrogen-bond acceptors (Lipinski definition) is 1. The molecule has 1 rings (SSSR count). The van der Waals surface area contributed by atoms with Gasteiger partial charge in [0.15, 0.2) is 0 Å². The number of nitrogens with zero attached hydrogens (tertiary/aromatic N) is 1. The highest BCUT2D eigenvalue weighted by atomic mass is 127. The van der Waals surface area contributed by atoms with E-state index in [-0.39, 0.29) is 0 Å². The van der Waals surface area contributed by atoms with Gasteiger partial charge in [0, 0.05) is 0 Å². The molecule has 0 radical (unpaired) electrons. The Morgan fingerprint density at radius 2 is 2.71 bits per heavy atom. The minimum absolute atomic E-state index is 1.12. The van der Waals surface area contributed by atoms with E-state index < -0.39 is 0 Å². The molecule has 1 atom stereocenters. The van der Waals surface area contributed by atoms with Gasteiger partial charge in [0.05, 0.1) is 9.96 Å². The molecule has 0 saturated carbocycles. The Labute approximate surface area is 60.6 Å². The Morgan fingerprint density at radius 3 is 2.86 bits per heavy atom. The Morgan fingerprint density at radius 1 is 2.00 bits per heavy atom. The summed E-state index contributed by atoms with van der Waals surface area (Å²) in [6, 6.07) is 0. The summed E-state index contributed by atoms with van der Waals surface area (Å²) in [5, 5.41) is 1.12. The summed E-state index contributed by atoms with van der Waals surface area (Å²) in [7, 11) is 2.00. The first kappa shape index (κ1) is 5.87. The SMILES string of the molecule is C[NH+]1C=C(I)S[N-]1. The van der Waals surface area contributed by atoms with Crippen LogP contribution in [0.2, 0.25) is 0 Å². The predicted molar refractivity (Wildman–Crippen MR) is 39.9 cm³/mol. The second-order valence-corrected chi connectivity index (χ2v) is 3.97. The highest BCUT2D eigenvalue weighted by Crippen LogP contribution is 2.27. The van der Waals surface area contributed by atoms with Crippen molar-refractivity contribution < 1.29 is 5.01 Å². The lowest BCUT2D eigenvalue weighted by Gasteiger charge is -2.12. The maximum Gasteiger partial charge on any atom is 0.104 e. The van der Waals surface area contributed by atoms with Crippen molar-refractivity contribution in [2.45, 2.75) is 0 Å². The molecule has 7 heavy (non-hydrogen) atoms. The van der Waals surface area contributed by atoms with Gasteiger partial charge in [0.25, 0.3) is 0 Å². The van der Waals surface area contributed by atoms with Gasteiger partial charge in [0.2, 0.25) is 0 Å². The van der Waals surface area contributed by atoms with Crippen molar-refractivity contribution in [2.75, 3.05) is 7.05 Å². The summed E-state index contributed by atoms with van der Waals surface area (Å²) in [4.78, 5) is 4.05. The van der Waals surface area contributed by atoms with Crippen LogP contribution < -0.4 is 5.01 Å². The van der Waals surface area contributed by atoms with Crippen LogP contribution in [0.1, 0.15) is 0 Å². The molecule has 2 nitrogen and oxygen atoms in total. The first-order chi connectivity index (χ1) is 3.29. The molecule has 0 aromatic heterocycles. The van der Waals surface area contributed by atoms with E-state index in [1.807, 2.05) is 7.05 Å². The molecule has 0 aromatic rings. The van der Waals surface area contributed by atoms with Gasteiger partial charge >= 0.3 is 0 Å². The Balaban J connectivity index is 2.50. The number of quaternary nitrogens is 1. The minimum atomic E-state index is 1.12. The summed E-state index contributed by atoms with van der Waals surface area (Å²) in [6.07, 6.45) is 2.06. The summed E-state index contributed by atoms with van der Waals surface area (Å²) in [5.74, 6) is 0. The first-order valence-electron chi connectivity index (χ1n) is 1.88. The van der Waals surface area contributed by atoms with Crippen molar-refractivity contribution in [2.24, 2.45) is 0 Å². The Bertz CT molecular complexity index is 103. The van der Waals surface area contributed by atoms with E-state index in [1.54, 1.807) is 11.9 Å². The molecule has 0 aromatic carbocycles. The van der Waals surface area contributed by atoms with E-state index >= 15 is 0 Å². The second-order valence-electron chi connectivity index (χ2n) is 1.27. The molecule has 0 aliphatic carbocycles. The van der Waals surface area contributed by atoms with Crippen molar-refractivity contribution in [3.63, 3.8) is 0 Å². The molecule has 1 aliphatic rings. The van der Waals surface area contributed by atoms with Crippen LogP contribution in [0.5, 0.6) is 0 Å². The van der Waals surface area contributed by atoms with Crippen LogP contribution in [0.25, 0.3) is 4.83 Å². The van der Waals surface area contributed by atoms with Crippen LogP contribution in [-0.4, -0.2) is 7.05 Å². The van der Waals surface area contributed by atoms with Gasteiger partial charge in [0.1, 0.15) is 6.20 Å². The zero-order chi connectivity index (χ0) is 5.28. The van der Waals surface area contributed by atoms with Gasteiger partial charge in [-0.05, 0) is 22.6 Å². The molecule has 1 aliphatic heterocycles.